The molecule has 1 heterocycles. The zero-order valence-electron chi connectivity index (χ0n) is 13.6. The van der Waals surface area contributed by atoms with Crippen LogP contribution in [0.4, 0.5) is 5.82 Å². The van der Waals surface area contributed by atoms with Gasteiger partial charge in [0.05, 0.1) is 25.1 Å². The van der Waals surface area contributed by atoms with E-state index in [0.717, 1.165) is 37.7 Å². The van der Waals surface area contributed by atoms with E-state index in [1.807, 2.05) is 6.20 Å². The molecule has 0 unspecified atom stereocenters. The quantitative estimate of drug-likeness (QED) is 0.664. The van der Waals surface area contributed by atoms with E-state index in [4.69, 9.17) is 9.47 Å². The van der Waals surface area contributed by atoms with Crippen LogP contribution in [0.1, 0.15) is 19.5 Å². The molecule has 0 fully saturated rings. The van der Waals surface area contributed by atoms with Gasteiger partial charge in [0.15, 0.2) is 0 Å². The number of rotatable bonds is 11. The zero-order valence-corrected chi connectivity index (χ0v) is 13.6. The van der Waals surface area contributed by atoms with Crippen LogP contribution in [-0.2, 0) is 16.0 Å². The van der Waals surface area contributed by atoms with E-state index < -0.39 is 0 Å². The van der Waals surface area contributed by atoms with E-state index in [1.165, 1.54) is 0 Å². The highest BCUT2D eigenvalue weighted by Crippen LogP contribution is 2.09. The highest BCUT2D eigenvalue weighted by atomic mass is 16.5. The average Bonchev–Trinajstić information content (AvgIpc) is 2.47. The summed E-state index contributed by atoms with van der Waals surface area (Å²) in [6, 6.07) is 0. The Bertz CT molecular complexity index is 380. The zero-order chi connectivity index (χ0) is 15.5. The number of aromatic nitrogens is 2. The Kier molecular flexibility index (Phi) is 8.89. The fourth-order valence-corrected chi connectivity index (χ4v) is 1.87. The van der Waals surface area contributed by atoms with Gasteiger partial charge in [0, 0.05) is 40.1 Å². The lowest BCUT2D eigenvalue weighted by atomic mass is 10.2. The van der Waals surface area contributed by atoms with Gasteiger partial charge in [0.1, 0.15) is 5.82 Å². The van der Waals surface area contributed by atoms with Crippen LogP contribution < -0.4 is 10.2 Å². The monoisotopic (exact) mass is 296 g/mol. The smallest absolute Gasteiger partial charge is 0.147 e. The molecule has 0 aromatic carbocycles. The van der Waals surface area contributed by atoms with Crippen LogP contribution in [0.5, 0.6) is 0 Å². The Morgan fingerprint density at radius 2 is 1.81 bits per heavy atom. The van der Waals surface area contributed by atoms with Crippen LogP contribution in [0.25, 0.3) is 0 Å². The van der Waals surface area contributed by atoms with Gasteiger partial charge < -0.3 is 19.7 Å². The van der Waals surface area contributed by atoms with E-state index >= 15 is 0 Å². The van der Waals surface area contributed by atoms with Crippen molar-refractivity contribution in [1.82, 2.24) is 15.3 Å². The third kappa shape index (κ3) is 7.36. The Balaban J connectivity index is 2.64. The standard InChI is InChI=1S/C15H28N4O2/c1-13(2)9-16-10-14-11-17-12-15(18-14)19(5-7-20-3)6-8-21-4/h11-13,16H,5-10H2,1-4H3. The van der Waals surface area contributed by atoms with Gasteiger partial charge in [0.25, 0.3) is 0 Å². The third-order valence-electron chi connectivity index (χ3n) is 2.99. The van der Waals surface area contributed by atoms with Gasteiger partial charge in [-0.2, -0.15) is 0 Å². The average molecular weight is 296 g/mol. The predicted molar refractivity (Wildman–Crippen MR) is 84.5 cm³/mol. The number of anilines is 1. The summed E-state index contributed by atoms with van der Waals surface area (Å²) in [7, 11) is 3.40. The first-order chi connectivity index (χ1) is 10.2. The van der Waals surface area contributed by atoms with Gasteiger partial charge in [0.2, 0.25) is 0 Å². The van der Waals surface area contributed by atoms with Crippen molar-refractivity contribution in [2.45, 2.75) is 20.4 Å². The summed E-state index contributed by atoms with van der Waals surface area (Å²) in [4.78, 5) is 11.1. The molecule has 0 saturated heterocycles. The largest absolute Gasteiger partial charge is 0.383 e. The molecule has 0 bridgehead atoms. The van der Waals surface area contributed by atoms with Gasteiger partial charge in [-0.15, -0.1) is 0 Å². The van der Waals surface area contributed by atoms with Gasteiger partial charge in [-0.1, -0.05) is 13.8 Å². The molecule has 120 valence electrons. The van der Waals surface area contributed by atoms with Crippen molar-refractivity contribution in [2.24, 2.45) is 5.92 Å². The molecule has 0 aliphatic carbocycles. The van der Waals surface area contributed by atoms with E-state index in [-0.39, 0.29) is 0 Å². The van der Waals surface area contributed by atoms with Gasteiger partial charge >= 0.3 is 0 Å². The minimum Gasteiger partial charge on any atom is -0.383 e. The van der Waals surface area contributed by atoms with Crippen molar-refractivity contribution in [3.63, 3.8) is 0 Å². The molecule has 6 nitrogen and oxygen atoms in total. The number of methoxy groups -OCH3 is 2. The van der Waals surface area contributed by atoms with Crippen molar-refractivity contribution >= 4 is 5.82 Å². The summed E-state index contributed by atoms with van der Waals surface area (Å²) >= 11 is 0. The first-order valence-corrected chi connectivity index (χ1v) is 7.41. The molecular formula is C15H28N4O2. The molecule has 1 N–H and O–H groups in total. The summed E-state index contributed by atoms with van der Waals surface area (Å²) in [5, 5.41) is 3.38. The molecule has 0 saturated carbocycles. The molecule has 1 rings (SSSR count). The number of hydrogen-bond acceptors (Lipinski definition) is 6. The summed E-state index contributed by atoms with van der Waals surface area (Å²) in [5.74, 6) is 1.49. The fourth-order valence-electron chi connectivity index (χ4n) is 1.87. The maximum absolute atomic E-state index is 5.15. The molecule has 21 heavy (non-hydrogen) atoms. The maximum atomic E-state index is 5.15. The SMILES string of the molecule is COCCN(CCOC)c1cncc(CNCC(C)C)n1. The molecule has 0 radical (unpaired) electrons. The molecule has 0 aliphatic heterocycles. The van der Waals surface area contributed by atoms with Crippen molar-refractivity contribution in [1.29, 1.82) is 0 Å². The van der Waals surface area contributed by atoms with E-state index in [1.54, 1.807) is 20.4 Å². The molecule has 0 amide bonds. The van der Waals surface area contributed by atoms with Crippen molar-refractivity contribution < 1.29 is 9.47 Å². The van der Waals surface area contributed by atoms with Crippen LogP contribution in [-0.4, -0.2) is 57.0 Å². The lowest BCUT2D eigenvalue weighted by Gasteiger charge is -2.23. The van der Waals surface area contributed by atoms with Crippen molar-refractivity contribution in [2.75, 3.05) is 52.0 Å². The Morgan fingerprint density at radius 3 is 2.38 bits per heavy atom. The fraction of sp³-hybridized carbons (Fsp3) is 0.733. The van der Waals surface area contributed by atoms with Crippen LogP contribution in [0.3, 0.4) is 0 Å². The lowest BCUT2D eigenvalue weighted by Crippen LogP contribution is -2.32. The van der Waals surface area contributed by atoms with Crippen LogP contribution in [0, 0.1) is 5.92 Å². The Morgan fingerprint density at radius 1 is 1.14 bits per heavy atom. The first kappa shape index (κ1) is 17.8. The van der Waals surface area contributed by atoms with Crippen LogP contribution in [0.15, 0.2) is 12.4 Å². The number of nitrogens with one attached hydrogen (secondary N) is 1. The topological polar surface area (TPSA) is 59.5 Å². The molecule has 6 heteroatoms. The van der Waals surface area contributed by atoms with Crippen molar-refractivity contribution in [3.05, 3.63) is 18.1 Å². The predicted octanol–water partition coefficient (Wildman–Crippen LogP) is 1.32. The summed E-state index contributed by atoms with van der Waals surface area (Å²) in [6.45, 7) is 8.94. The number of hydrogen-bond donors (Lipinski definition) is 1. The number of nitrogens with zero attached hydrogens (tertiary/aromatic N) is 3. The first-order valence-electron chi connectivity index (χ1n) is 7.41. The molecule has 0 atom stereocenters. The summed E-state index contributed by atoms with van der Waals surface area (Å²) in [5.41, 5.74) is 0.952. The summed E-state index contributed by atoms with van der Waals surface area (Å²) < 4.78 is 10.3. The highest BCUT2D eigenvalue weighted by Gasteiger charge is 2.09. The Labute approximate surface area is 127 Å². The molecule has 0 aliphatic rings. The normalized spacial score (nSPS) is 11.1. The molecule has 0 spiro atoms. The minimum absolute atomic E-state index is 0.626. The van der Waals surface area contributed by atoms with Gasteiger partial charge in [-0.25, -0.2) is 4.98 Å². The Hall–Kier alpha value is -1.24. The van der Waals surface area contributed by atoms with Gasteiger partial charge in [-0.05, 0) is 12.5 Å². The third-order valence-corrected chi connectivity index (χ3v) is 2.99. The van der Waals surface area contributed by atoms with E-state index in [2.05, 4.69) is 34.0 Å². The highest BCUT2D eigenvalue weighted by molar-refractivity contribution is 5.36. The van der Waals surface area contributed by atoms with Crippen LogP contribution in [0.2, 0.25) is 0 Å². The van der Waals surface area contributed by atoms with E-state index in [9.17, 15) is 0 Å². The number of ether oxygens (including phenoxy) is 2. The molecular weight excluding hydrogens is 268 g/mol. The van der Waals surface area contributed by atoms with E-state index in [0.29, 0.717) is 19.1 Å². The minimum atomic E-state index is 0.626. The maximum Gasteiger partial charge on any atom is 0.147 e. The molecule has 1 aromatic heterocycles. The van der Waals surface area contributed by atoms with Crippen molar-refractivity contribution in [3.8, 4) is 0 Å². The second-order valence-electron chi connectivity index (χ2n) is 5.37. The lowest BCUT2D eigenvalue weighted by molar-refractivity contribution is 0.190. The second-order valence-corrected chi connectivity index (χ2v) is 5.37. The second kappa shape index (κ2) is 10.5. The van der Waals surface area contributed by atoms with Gasteiger partial charge in [-0.3, -0.25) is 4.98 Å². The van der Waals surface area contributed by atoms with Crippen LogP contribution >= 0.6 is 0 Å². The molecule has 1 aromatic rings. The summed E-state index contributed by atoms with van der Waals surface area (Å²) in [6.07, 6.45) is 3.60.